The number of amides is 1. The van der Waals surface area contributed by atoms with Gasteiger partial charge in [0.25, 0.3) is 0 Å². The summed E-state index contributed by atoms with van der Waals surface area (Å²) in [6, 6.07) is 1.50. The highest BCUT2D eigenvalue weighted by Gasteiger charge is 2.43. The number of carbonyl (C=O) groups is 2. The first kappa shape index (κ1) is 19.8. The van der Waals surface area contributed by atoms with E-state index in [0.29, 0.717) is 36.5 Å². The summed E-state index contributed by atoms with van der Waals surface area (Å²) in [5.41, 5.74) is -0.933. The summed E-state index contributed by atoms with van der Waals surface area (Å²) in [6.07, 6.45) is 1.97. The highest BCUT2D eigenvalue weighted by Crippen LogP contribution is 2.37. The third kappa shape index (κ3) is 4.98. The van der Waals surface area contributed by atoms with Gasteiger partial charge < -0.3 is 14.7 Å². The van der Waals surface area contributed by atoms with E-state index in [2.05, 4.69) is 4.98 Å². The molecule has 1 aliphatic rings. The van der Waals surface area contributed by atoms with E-state index in [1.807, 2.05) is 0 Å². The van der Waals surface area contributed by atoms with Crippen molar-refractivity contribution in [3.8, 4) is 0 Å². The Morgan fingerprint density at radius 2 is 1.92 bits per heavy atom. The SMILES string of the molecule is CC(C)(C)OC(=O)N1CCC(Cc2cnc(Cl)cc2Cl)(C(=O)O)CC1. The van der Waals surface area contributed by atoms with Gasteiger partial charge in [-0.05, 0) is 51.7 Å². The molecule has 1 aliphatic heterocycles. The Balaban J connectivity index is 2.10. The van der Waals surface area contributed by atoms with Crippen molar-refractivity contribution in [2.24, 2.45) is 5.41 Å². The lowest BCUT2D eigenvalue weighted by atomic mass is 9.74. The van der Waals surface area contributed by atoms with Gasteiger partial charge in [0.05, 0.1) is 5.41 Å². The fourth-order valence-corrected chi connectivity index (χ4v) is 3.27. The lowest BCUT2D eigenvalue weighted by Crippen LogP contribution is -2.48. The van der Waals surface area contributed by atoms with Crippen molar-refractivity contribution >= 4 is 35.3 Å². The van der Waals surface area contributed by atoms with Crippen LogP contribution < -0.4 is 0 Å². The molecule has 1 fully saturated rings. The van der Waals surface area contributed by atoms with Crippen molar-refractivity contribution < 1.29 is 19.4 Å². The molecule has 1 N–H and O–H groups in total. The van der Waals surface area contributed by atoms with Gasteiger partial charge in [0.2, 0.25) is 0 Å². The predicted octanol–water partition coefficient (Wildman–Crippen LogP) is 4.03. The van der Waals surface area contributed by atoms with E-state index in [4.69, 9.17) is 27.9 Å². The average molecular weight is 389 g/mol. The van der Waals surface area contributed by atoms with Crippen molar-refractivity contribution in [2.45, 2.75) is 45.6 Å². The second-order valence-electron chi connectivity index (χ2n) is 7.33. The van der Waals surface area contributed by atoms with E-state index in [1.54, 1.807) is 25.7 Å². The second-order valence-corrected chi connectivity index (χ2v) is 8.12. The third-order valence-corrected chi connectivity index (χ3v) is 4.81. The minimum absolute atomic E-state index is 0.244. The number of rotatable bonds is 3. The molecule has 0 aromatic carbocycles. The molecule has 2 heterocycles. The first-order valence-electron chi connectivity index (χ1n) is 8.04. The first-order chi connectivity index (χ1) is 11.5. The molecule has 0 saturated carbocycles. The molecule has 1 aromatic heterocycles. The molecule has 0 atom stereocenters. The van der Waals surface area contributed by atoms with Gasteiger partial charge in [-0.1, -0.05) is 23.2 Å². The topological polar surface area (TPSA) is 79.7 Å². The predicted molar refractivity (Wildman–Crippen MR) is 95.1 cm³/mol. The number of aromatic nitrogens is 1. The summed E-state index contributed by atoms with van der Waals surface area (Å²) in [5, 5.41) is 10.4. The smallest absolute Gasteiger partial charge is 0.410 e. The van der Waals surface area contributed by atoms with E-state index in [-0.39, 0.29) is 11.6 Å². The molecule has 2 rings (SSSR count). The number of piperidine rings is 1. The molecule has 0 spiro atoms. The maximum atomic E-state index is 12.2. The molecule has 6 nitrogen and oxygen atoms in total. The molecule has 138 valence electrons. The number of pyridine rings is 1. The summed E-state index contributed by atoms with van der Waals surface area (Å²) < 4.78 is 5.35. The molecule has 0 aliphatic carbocycles. The Bertz CT molecular complexity index is 665. The van der Waals surface area contributed by atoms with Gasteiger partial charge >= 0.3 is 12.1 Å². The summed E-state index contributed by atoms with van der Waals surface area (Å²) >= 11 is 12.0. The summed E-state index contributed by atoms with van der Waals surface area (Å²) in [5.74, 6) is -0.901. The Hall–Kier alpha value is -1.53. The molecule has 1 aromatic rings. The van der Waals surface area contributed by atoms with Crippen LogP contribution in [0.2, 0.25) is 10.2 Å². The number of ether oxygens (including phenoxy) is 1. The van der Waals surface area contributed by atoms with Gasteiger partial charge in [0.1, 0.15) is 10.8 Å². The first-order valence-corrected chi connectivity index (χ1v) is 8.79. The van der Waals surface area contributed by atoms with E-state index in [9.17, 15) is 14.7 Å². The number of hydrogen-bond donors (Lipinski definition) is 1. The molecular weight excluding hydrogens is 367 g/mol. The normalized spacial score (nSPS) is 17.2. The number of aliphatic carboxylic acids is 1. The minimum Gasteiger partial charge on any atom is -0.481 e. The highest BCUT2D eigenvalue weighted by molar-refractivity contribution is 6.34. The van der Waals surface area contributed by atoms with Crippen LogP contribution in [0.5, 0.6) is 0 Å². The Morgan fingerprint density at radius 3 is 2.40 bits per heavy atom. The molecule has 1 saturated heterocycles. The highest BCUT2D eigenvalue weighted by atomic mass is 35.5. The van der Waals surface area contributed by atoms with Crippen LogP contribution in [-0.4, -0.2) is 45.7 Å². The van der Waals surface area contributed by atoms with Crippen LogP contribution in [0.4, 0.5) is 4.79 Å². The van der Waals surface area contributed by atoms with E-state index in [0.717, 1.165) is 0 Å². The number of carboxylic acid groups (broad SMARTS) is 1. The van der Waals surface area contributed by atoms with Gasteiger partial charge in [0, 0.05) is 24.3 Å². The second kappa shape index (κ2) is 7.38. The Kier molecular flexibility index (Phi) is 5.84. The zero-order valence-electron chi connectivity index (χ0n) is 14.5. The van der Waals surface area contributed by atoms with Gasteiger partial charge in [-0.25, -0.2) is 9.78 Å². The van der Waals surface area contributed by atoms with Crippen molar-refractivity contribution in [3.05, 3.63) is 28.0 Å². The number of carbonyl (C=O) groups excluding carboxylic acids is 1. The van der Waals surface area contributed by atoms with E-state index in [1.165, 1.54) is 12.3 Å². The van der Waals surface area contributed by atoms with Gasteiger partial charge in [-0.15, -0.1) is 0 Å². The fourth-order valence-electron chi connectivity index (χ4n) is 2.84. The van der Waals surface area contributed by atoms with Crippen molar-refractivity contribution in [2.75, 3.05) is 13.1 Å². The maximum absolute atomic E-state index is 12.2. The van der Waals surface area contributed by atoms with Crippen LogP contribution in [0.25, 0.3) is 0 Å². The van der Waals surface area contributed by atoms with E-state index < -0.39 is 23.1 Å². The average Bonchev–Trinajstić information content (AvgIpc) is 2.49. The van der Waals surface area contributed by atoms with Crippen LogP contribution >= 0.6 is 23.2 Å². The summed E-state index contributed by atoms with van der Waals surface area (Å²) in [7, 11) is 0. The van der Waals surface area contributed by atoms with E-state index >= 15 is 0 Å². The molecule has 1 amide bonds. The fraction of sp³-hybridized carbons (Fsp3) is 0.588. The number of nitrogens with zero attached hydrogens (tertiary/aromatic N) is 2. The van der Waals surface area contributed by atoms with Crippen LogP contribution in [0.15, 0.2) is 12.3 Å². The zero-order chi connectivity index (χ0) is 18.8. The minimum atomic E-state index is -0.988. The third-order valence-electron chi connectivity index (χ3n) is 4.25. The molecule has 8 heteroatoms. The van der Waals surface area contributed by atoms with Crippen molar-refractivity contribution in [1.82, 2.24) is 9.88 Å². The zero-order valence-corrected chi connectivity index (χ0v) is 16.0. The van der Waals surface area contributed by atoms with Crippen molar-refractivity contribution in [1.29, 1.82) is 0 Å². The lowest BCUT2D eigenvalue weighted by molar-refractivity contribution is -0.152. The number of halogens is 2. The van der Waals surface area contributed by atoms with Crippen LogP contribution in [0, 0.1) is 5.41 Å². The Labute approximate surface area is 157 Å². The standard InChI is InChI=1S/C17H22Cl2N2O4/c1-16(2,3)25-15(24)21-6-4-17(5-7-21,14(22)23)9-11-10-20-13(19)8-12(11)18/h8,10H,4-7,9H2,1-3H3,(H,22,23). The Morgan fingerprint density at radius 1 is 1.32 bits per heavy atom. The lowest BCUT2D eigenvalue weighted by Gasteiger charge is -2.39. The molecular formula is C17H22Cl2N2O4. The maximum Gasteiger partial charge on any atom is 0.410 e. The molecule has 0 radical (unpaired) electrons. The monoisotopic (exact) mass is 388 g/mol. The van der Waals surface area contributed by atoms with Crippen LogP contribution in [-0.2, 0) is 16.0 Å². The van der Waals surface area contributed by atoms with Gasteiger partial charge in [-0.3, -0.25) is 4.79 Å². The summed E-state index contributed by atoms with van der Waals surface area (Å²) in [4.78, 5) is 29.6. The summed E-state index contributed by atoms with van der Waals surface area (Å²) in [6.45, 7) is 6.03. The number of hydrogen-bond acceptors (Lipinski definition) is 4. The number of carboxylic acids is 1. The van der Waals surface area contributed by atoms with Crippen LogP contribution in [0.3, 0.4) is 0 Å². The van der Waals surface area contributed by atoms with Crippen molar-refractivity contribution in [3.63, 3.8) is 0 Å². The largest absolute Gasteiger partial charge is 0.481 e. The van der Waals surface area contributed by atoms with Gasteiger partial charge in [0.15, 0.2) is 0 Å². The molecule has 0 bridgehead atoms. The molecule has 0 unspecified atom stereocenters. The quantitative estimate of drug-likeness (QED) is 0.790. The van der Waals surface area contributed by atoms with Gasteiger partial charge in [-0.2, -0.15) is 0 Å². The van der Waals surface area contributed by atoms with Crippen LogP contribution in [0.1, 0.15) is 39.2 Å². The molecule has 25 heavy (non-hydrogen) atoms. The number of likely N-dealkylation sites (tertiary alicyclic amines) is 1.